The molecule has 144 valence electrons. The Morgan fingerprint density at radius 3 is 2.68 bits per heavy atom. The maximum absolute atomic E-state index is 12.4. The zero-order valence-electron chi connectivity index (χ0n) is 16.2. The molecule has 0 N–H and O–H groups in total. The van der Waals surface area contributed by atoms with Gasteiger partial charge in [-0.25, -0.2) is 0 Å². The molecular weight excluding hydrogens is 390 g/mol. The Bertz CT molecular complexity index is 1070. The predicted molar refractivity (Wildman–Crippen MR) is 113 cm³/mol. The molecule has 1 aliphatic carbocycles. The summed E-state index contributed by atoms with van der Waals surface area (Å²) in [7, 11) is 0. The van der Waals surface area contributed by atoms with Crippen LogP contribution in [0.2, 0.25) is 0 Å². The normalized spacial score (nSPS) is 18.1. The third-order valence-electron chi connectivity index (χ3n) is 5.41. The predicted octanol–water partition coefficient (Wildman–Crippen LogP) is 4.96. The van der Waals surface area contributed by atoms with Crippen molar-refractivity contribution in [2.75, 3.05) is 6.54 Å². The Kier molecular flexibility index (Phi) is 4.94. The number of hydrogen-bond acceptors (Lipinski definition) is 5. The fraction of sp³-hybridized carbons (Fsp3) is 0.381. The van der Waals surface area contributed by atoms with Crippen molar-refractivity contribution >= 4 is 40.3 Å². The van der Waals surface area contributed by atoms with E-state index in [0.717, 1.165) is 58.5 Å². The fourth-order valence-electron chi connectivity index (χ4n) is 3.98. The second-order valence-electron chi connectivity index (χ2n) is 7.09. The number of nitriles is 1. The monoisotopic (exact) mass is 411 g/mol. The SMILES string of the molecule is CCN1C(=O)S/C(=C/c2cc(C)n(-c3sc4c(c3C#N)CCCC4)c2C)C1=O. The fourth-order valence-corrected chi connectivity index (χ4v) is 6.33. The molecule has 2 aromatic rings. The van der Waals surface area contributed by atoms with Gasteiger partial charge in [-0.15, -0.1) is 11.3 Å². The maximum atomic E-state index is 12.4. The minimum Gasteiger partial charge on any atom is -0.308 e. The van der Waals surface area contributed by atoms with Gasteiger partial charge in [-0.3, -0.25) is 14.5 Å². The van der Waals surface area contributed by atoms with E-state index in [1.807, 2.05) is 19.9 Å². The summed E-state index contributed by atoms with van der Waals surface area (Å²) < 4.78 is 2.12. The van der Waals surface area contributed by atoms with Crippen molar-refractivity contribution < 1.29 is 9.59 Å². The summed E-state index contributed by atoms with van der Waals surface area (Å²) >= 11 is 2.70. The number of carbonyl (C=O) groups is 2. The number of thiophene rings is 1. The van der Waals surface area contributed by atoms with Crippen LogP contribution in [0.5, 0.6) is 0 Å². The lowest BCUT2D eigenvalue weighted by atomic mass is 9.96. The van der Waals surface area contributed by atoms with E-state index in [4.69, 9.17) is 0 Å². The molecule has 5 nitrogen and oxygen atoms in total. The molecule has 0 spiro atoms. The molecule has 4 rings (SSSR count). The Morgan fingerprint density at radius 1 is 1.25 bits per heavy atom. The van der Waals surface area contributed by atoms with E-state index in [1.165, 1.54) is 21.8 Å². The molecule has 2 amide bonds. The third kappa shape index (κ3) is 2.92. The van der Waals surface area contributed by atoms with Crippen LogP contribution in [0, 0.1) is 25.2 Å². The Morgan fingerprint density at radius 2 is 2.00 bits per heavy atom. The number of hydrogen-bond donors (Lipinski definition) is 0. The van der Waals surface area contributed by atoms with Crippen molar-refractivity contribution in [2.45, 2.75) is 46.5 Å². The lowest BCUT2D eigenvalue weighted by molar-refractivity contribution is -0.122. The van der Waals surface area contributed by atoms with Crippen LogP contribution in [0.4, 0.5) is 4.79 Å². The number of amides is 2. The van der Waals surface area contributed by atoms with E-state index < -0.39 is 0 Å². The molecule has 0 aromatic carbocycles. The summed E-state index contributed by atoms with van der Waals surface area (Å²) in [6.45, 7) is 6.20. The van der Waals surface area contributed by atoms with Gasteiger partial charge in [0.1, 0.15) is 11.1 Å². The second kappa shape index (κ2) is 7.26. The van der Waals surface area contributed by atoms with Gasteiger partial charge in [0, 0.05) is 22.8 Å². The highest BCUT2D eigenvalue weighted by atomic mass is 32.2. The Hall–Kier alpha value is -2.30. The third-order valence-corrected chi connectivity index (χ3v) is 7.60. The first-order valence-corrected chi connectivity index (χ1v) is 11.1. The van der Waals surface area contributed by atoms with Crippen molar-refractivity contribution in [3.63, 3.8) is 0 Å². The molecule has 7 heteroatoms. The van der Waals surface area contributed by atoms with Crippen LogP contribution in [-0.4, -0.2) is 27.2 Å². The van der Waals surface area contributed by atoms with Gasteiger partial charge in [0.15, 0.2) is 0 Å². The van der Waals surface area contributed by atoms with E-state index in [1.54, 1.807) is 24.3 Å². The summed E-state index contributed by atoms with van der Waals surface area (Å²) in [5.41, 5.74) is 4.92. The standard InChI is InChI=1S/C21H21N3O2S2/c1-4-23-19(25)18(28-21(23)26)10-14-9-12(2)24(13(14)3)20-16(11-22)15-7-5-6-8-17(15)27-20/h9-10H,4-8H2,1-3H3/b18-10+. The lowest BCUT2D eigenvalue weighted by Gasteiger charge is -2.10. The van der Waals surface area contributed by atoms with Gasteiger partial charge < -0.3 is 4.57 Å². The van der Waals surface area contributed by atoms with Crippen LogP contribution < -0.4 is 0 Å². The molecule has 0 unspecified atom stereocenters. The molecule has 2 aromatic heterocycles. The number of carbonyl (C=O) groups excluding carboxylic acids is 2. The van der Waals surface area contributed by atoms with E-state index >= 15 is 0 Å². The number of thioether (sulfide) groups is 1. The Balaban J connectivity index is 1.79. The van der Waals surface area contributed by atoms with Gasteiger partial charge in [0.2, 0.25) is 0 Å². The first kappa shape index (κ1) is 19.0. The van der Waals surface area contributed by atoms with E-state index in [9.17, 15) is 14.9 Å². The quantitative estimate of drug-likeness (QED) is 0.670. The van der Waals surface area contributed by atoms with Gasteiger partial charge in [0.25, 0.3) is 11.1 Å². The average Bonchev–Trinajstić information content (AvgIpc) is 3.26. The van der Waals surface area contributed by atoms with Crippen LogP contribution in [-0.2, 0) is 17.6 Å². The van der Waals surface area contributed by atoms with Gasteiger partial charge in [-0.2, -0.15) is 5.26 Å². The zero-order valence-corrected chi connectivity index (χ0v) is 17.8. The van der Waals surface area contributed by atoms with Crippen molar-refractivity contribution in [3.8, 4) is 11.1 Å². The topological polar surface area (TPSA) is 66.1 Å². The summed E-state index contributed by atoms with van der Waals surface area (Å²) in [6, 6.07) is 4.45. The molecule has 0 radical (unpaired) electrons. The van der Waals surface area contributed by atoms with Gasteiger partial charge >= 0.3 is 0 Å². The smallest absolute Gasteiger partial charge is 0.293 e. The number of aryl methyl sites for hydroxylation is 2. The highest BCUT2D eigenvalue weighted by Gasteiger charge is 2.34. The van der Waals surface area contributed by atoms with Crippen LogP contribution in [0.3, 0.4) is 0 Å². The molecule has 2 aliphatic rings. The maximum Gasteiger partial charge on any atom is 0.293 e. The summed E-state index contributed by atoms with van der Waals surface area (Å²) in [6.07, 6.45) is 6.15. The summed E-state index contributed by atoms with van der Waals surface area (Å²) in [5.74, 6) is -0.230. The Labute approximate surface area is 172 Å². The number of rotatable bonds is 3. The van der Waals surface area contributed by atoms with Gasteiger partial charge in [0.05, 0.1) is 10.5 Å². The number of aromatic nitrogens is 1. The highest BCUT2D eigenvalue weighted by Crippen LogP contribution is 2.39. The van der Waals surface area contributed by atoms with Crippen molar-refractivity contribution in [1.82, 2.24) is 9.47 Å². The number of likely N-dealkylation sites (N-methyl/N-ethyl adjacent to an activating group) is 1. The van der Waals surface area contributed by atoms with Crippen LogP contribution in [0.1, 0.15) is 52.7 Å². The minimum absolute atomic E-state index is 0.217. The van der Waals surface area contributed by atoms with Crippen molar-refractivity contribution in [2.24, 2.45) is 0 Å². The molecular formula is C21H21N3O2S2. The summed E-state index contributed by atoms with van der Waals surface area (Å²) in [5, 5.41) is 10.6. The largest absolute Gasteiger partial charge is 0.308 e. The van der Waals surface area contributed by atoms with Crippen LogP contribution in [0.25, 0.3) is 11.1 Å². The van der Waals surface area contributed by atoms with Crippen molar-refractivity contribution in [3.05, 3.63) is 43.9 Å². The first-order valence-electron chi connectivity index (χ1n) is 9.45. The molecule has 1 aliphatic heterocycles. The number of fused-ring (bicyclic) bond motifs is 1. The van der Waals surface area contributed by atoms with E-state index in [2.05, 4.69) is 10.6 Å². The first-order chi connectivity index (χ1) is 13.5. The van der Waals surface area contributed by atoms with Gasteiger partial charge in [-0.05, 0) is 81.5 Å². The second-order valence-corrected chi connectivity index (χ2v) is 9.17. The molecule has 0 atom stereocenters. The zero-order chi connectivity index (χ0) is 20.0. The minimum atomic E-state index is -0.230. The highest BCUT2D eigenvalue weighted by molar-refractivity contribution is 8.18. The van der Waals surface area contributed by atoms with Gasteiger partial charge in [-0.1, -0.05) is 0 Å². The van der Waals surface area contributed by atoms with E-state index in [0.29, 0.717) is 11.4 Å². The molecule has 0 bridgehead atoms. The molecule has 28 heavy (non-hydrogen) atoms. The molecule has 1 fully saturated rings. The molecule has 1 saturated heterocycles. The lowest BCUT2D eigenvalue weighted by Crippen LogP contribution is -2.27. The van der Waals surface area contributed by atoms with E-state index in [-0.39, 0.29) is 11.1 Å². The van der Waals surface area contributed by atoms with Crippen molar-refractivity contribution in [1.29, 1.82) is 5.26 Å². The molecule has 0 saturated carbocycles. The molecule has 3 heterocycles. The van der Waals surface area contributed by atoms with Crippen LogP contribution >= 0.6 is 23.1 Å². The average molecular weight is 412 g/mol. The summed E-state index contributed by atoms with van der Waals surface area (Å²) in [4.78, 5) is 27.5. The van der Waals surface area contributed by atoms with Crippen LogP contribution in [0.15, 0.2) is 11.0 Å². The number of nitrogens with zero attached hydrogens (tertiary/aromatic N) is 3. The number of imide groups is 1.